The lowest BCUT2D eigenvalue weighted by molar-refractivity contribution is -0.137. The fourth-order valence-corrected chi connectivity index (χ4v) is 2.82. The molecule has 2 heterocycles. The fraction of sp³-hybridized carbons (Fsp3) is 0.588. The molecule has 1 aromatic heterocycles. The number of nitrogens with zero attached hydrogens (tertiary/aromatic N) is 3. The highest BCUT2D eigenvalue weighted by molar-refractivity contribution is 5.94. The minimum Gasteiger partial charge on any atom is -0.481 e. The molecule has 23 heavy (non-hydrogen) atoms. The van der Waals surface area contributed by atoms with Crippen LogP contribution in [0.5, 0.6) is 0 Å². The number of aromatic nitrogens is 1. The zero-order valence-electron chi connectivity index (χ0n) is 13.7. The first-order chi connectivity index (χ1) is 11.1. The molecule has 1 saturated heterocycles. The van der Waals surface area contributed by atoms with Crippen LogP contribution in [-0.2, 0) is 4.79 Å². The van der Waals surface area contributed by atoms with Crippen LogP contribution in [0.2, 0.25) is 0 Å². The molecule has 0 bridgehead atoms. The Morgan fingerprint density at radius 2 is 1.91 bits per heavy atom. The van der Waals surface area contributed by atoms with Crippen molar-refractivity contribution in [3.05, 3.63) is 23.9 Å². The van der Waals surface area contributed by atoms with Crippen LogP contribution in [0.15, 0.2) is 18.3 Å². The van der Waals surface area contributed by atoms with E-state index in [0.29, 0.717) is 12.1 Å². The highest BCUT2D eigenvalue weighted by Gasteiger charge is 2.17. The van der Waals surface area contributed by atoms with Crippen molar-refractivity contribution in [3.8, 4) is 0 Å². The van der Waals surface area contributed by atoms with E-state index in [0.717, 1.165) is 18.9 Å². The van der Waals surface area contributed by atoms with Gasteiger partial charge in [0.05, 0.1) is 12.0 Å². The van der Waals surface area contributed by atoms with E-state index in [4.69, 9.17) is 5.11 Å². The summed E-state index contributed by atoms with van der Waals surface area (Å²) in [6.45, 7) is 4.58. The number of carboxylic acids is 1. The van der Waals surface area contributed by atoms with Crippen molar-refractivity contribution < 1.29 is 14.7 Å². The van der Waals surface area contributed by atoms with Gasteiger partial charge in [-0.3, -0.25) is 9.59 Å². The number of rotatable bonds is 6. The molecule has 1 amide bonds. The molecule has 1 fully saturated rings. The maximum Gasteiger partial charge on any atom is 0.305 e. The molecule has 6 nitrogen and oxygen atoms in total. The van der Waals surface area contributed by atoms with Gasteiger partial charge in [0.25, 0.3) is 5.91 Å². The third-order valence-electron chi connectivity index (χ3n) is 4.19. The molecule has 0 spiro atoms. The van der Waals surface area contributed by atoms with Crippen LogP contribution in [0.25, 0.3) is 0 Å². The maximum absolute atomic E-state index is 12.4. The summed E-state index contributed by atoms with van der Waals surface area (Å²) in [6, 6.07) is 3.68. The number of carboxylic acid groups (broad SMARTS) is 1. The highest BCUT2D eigenvalue weighted by Crippen LogP contribution is 2.18. The normalized spacial score (nSPS) is 15.1. The van der Waals surface area contributed by atoms with E-state index >= 15 is 0 Å². The summed E-state index contributed by atoms with van der Waals surface area (Å²) in [5.74, 6) is -0.147. The summed E-state index contributed by atoms with van der Waals surface area (Å²) in [7, 11) is 0. The van der Waals surface area contributed by atoms with E-state index in [2.05, 4.69) is 9.88 Å². The van der Waals surface area contributed by atoms with Gasteiger partial charge in [0, 0.05) is 32.4 Å². The molecule has 1 N–H and O–H groups in total. The Bertz CT molecular complexity index is 522. The molecular weight excluding hydrogens is 294 g/mol. The summed E-state index contributed by atoms with van der Waals surface area (Å²) in [5.41, 5.74) is 0.510. The van der Waals surface area contributed by atoms with Gasteiger partial charge in [-0.15, -0.1) is 0 Å². The van der Waals surface area contributed by atoms with Crippen molar-refractivity contribution in [1.82, 2.24) is 9.88 Å². The van der Waals surface area contributed by atoms with Crippen LogP contribution in [0.4, 0.5) is 5.82 Å². The second kappa shape index (κ2) is 8.50. The van der Waals surface area contributed by atoms with Gasteiger partial charge in [0.2, 0.25) is 0 Å². The molecule has 1 aliphatic rings. The zero-order chi connectivity index (χ0) is 16.7. The van der Waals surface area contributed by atoms with Gasteiger partial charge in [0.15, 0.2) is 0 Å². The number of anilines is 1. The number of hydrogen-bond acceptors (Lipinski definition) is 4. The molecular formula is C17H25N3O3. The van der Waals surface area contributed by atoms with Crippen molar-refractivity contribution >= 4 is 17.7 Å². The minimum absolute atomic E-state index is 0.0428. The molecule has 126 valence electrons. The van der Waals surface area contributed by atoms with Crippen molar-refractivity contribution in [2.75, 3.05) is 31.1 Å². The number of carbonyl (C=O) groups excluding carboxylic acids is 1. The van der Waals surface area contributed by atoms with E-state index in [-0.39, 0.29) is 18.9 Å². The van der Waals surface area contributed by atoms with Crippen molar-refractivity contribution in [2.24, 2.45) is 0 Å². The second-order valence-electron chi connectivity index (χ2n) is 5.83. The first kappa shape index (κ1) is 17.2. The van der Waals surface area contributed by atoms with E-state index in [9.17, 15) is 9.59 Å². The van der Waals surface area contributed by atoms with Crippen molar-refractivity contribution in [2.45, 2.75) is 39.0 Å². The lowest BCUT2D eigenvalue weighted by atomic mass is 10.2. The van der Waals surface area contributed by atoms with E-state index < -0.39 is 5.97 Å². The first-order valence-corrected chi connectivity index (χ1v) is 8.34. The molecule has 0 aromatic carbocycles. The van der Waals surface area contributed by atoms with E-state index in [1.165, 1.54) is 30.6 Å². The topological polar surface area (TPSA) is 73.7 Å². The van der Waals surface area contributed by atoms with Crippen LogP contribution >= 0.6 is 0 Å². The summed E-state index contributed by atoms with van der Waals surface area (Å²) >= 11 is 0. The van der Waals surface area contributed by atoms with Crippen LogP contribution in [0.3, 0.4) is 0 Å². The Balaban J connectivity index is 2.02. The Morgan fingerprint density at radius 1 is 1.22 bits per heavy atom. The summed E-state index contributed by atoms with van der Waals surface area (Å²) in [5, 5.41) is 8.76. The molecule has 0 saturated carbocycles. The van der Waals surface area contributed by atoms with E-state index in [1.54, 1.807) is 12.3 Å². The zero-order valence-corrected chi connectivity index (χ0v) is 13.7. The average Bonchev–Trinajstić information content (AvgIpc) is 2.84. The van der Waals surface area contributed by atoms with Crippen LogP contribution in [0.1, 0.15) is 49.4 Å². The second-order valence-corrected chi connectivity index (χ2v) is 5.83. The molecule has 1 aromatic rings. The van der Waals surface area contributed by atoms with Crippen LogP contribution < -0.4 is 4.90 Å². The van der Waals surface area contributed by atoms with Crippen LogP contribution in [0, 0.1) is 0 Å². The van der Waals surface area contributed by atoms with E-state index in [1.807, 2.05) is 13.0 Å². The van der Waals surface area contributed by atoms with Crippen molar-refractivity contribution in [1.29, 1.82) is 0 Å². The first-order valence-electron chi connectivity index (χ1n) is 8.34. The number of carbonyl (C=O) groups is 2. The third-order valence-corrected chi connectivity index (χ3v) is 4.19. The SMILES string of the molecule is CCN(CCC(=O)O)C(=O)c1ccc(N2CCCCCC2)nc1. The van der Waals surface area contributed by atoms with Gasteiger partial charge >= 0.3 is 5.97 Å². The number of pyridine rings is 1. The summed E-state index contributed by atoms with van der Waals surface area (Å²) in [6.07, 6.45) is 6.46. The summed E-state index contributed by atoms with van der Waals surface area (Å²) < 4.78 is 0. The maximum atomic E-state index is 12.4. The average molecular weight is 319 g/mol. The minimum atomic E-state index is -0.897. The predicted molar refractivity (Wildman–Crippen MR) is 88.7 cm³/mol. The van der Waals surface area contributed by atoms with Crippen molar-refractivity contribution in [3.63, 3.8) is 0 Å². The molecule has 2 rings (SSSR count). The number of aliphatic carboxylic acids is 1. The van der Waals surface area contributed by atoms with Gasteiger partial charge in [0.1, 0.15) is 5.82 Å². The van der Waals surface area contributed by atoms with Gasteiger partial charge in [-0.05, 0) is 31.9 Å². The van der Waals surface area contributed by atoms with Gasteiger partial charge in [-0.2, -0.15) is 0 Å². The fourth-order valence-electron chi connectivity index (χ4n) is 2.82. The number of amides is 1. The molecule has 0 atom stereocenters. The van der Waals surface area contributed by atoms with Gasteiger partial charge in [-0.25, -0.2) is 4.98 Å². The Labute approximate surface area is 137 Å². The Morgan fingerprint density at radius 3 is 2.43 bits per heavy atom. The predicted octanol–water partition coefficient (Wildman–Crippen LogP) is 2.40. The molecule has 0 radical (unpaired) electrons. The molecule has 1 aliphatic heterocycles. The summed E-state index contributed by atoms with van der Waals surface area (Å²) in [4.78, 5) is 31.3. The lowest BCUT2D eigenvalue weighted by Crippen LogP contribution is -2.33. The Kier molecular flexibility index (Phi) is 6.38. The standard InChI is InChI=1S/C17H25N3O3/c1-2-19(12-9-16(21)22)17(23)14-7-8-15(18-13-14)20-10-5-3-4-6-11-20/h7-8,13H,2-6,9-12H2,1H3,(H,21,22). The largest absolute Gasteiger partial charge is 0.481 e. The molecule has 0 unspecified atom stereocenters. The highest BCUT2D eigenvalue weighted by atomic mass is 16.4. The van der Waals surface area contributed by atoms with Gasteiger partial charge in [-0.1, -0.05) is 12.8 Å². The molecule has 6 heteroatoms. The molecule has 0 aliphatic carbocycles. The monoisotopic (exact) mass is 319 g/mol. The third kappa shape index (κ3) is 4.94. The van der Waals surface area contributed by atoms with Crippen LogP contribution in [-0.4, -0.2) is 53.0 Å². The lowest BCUT2D eigenvalue weighted by Gasteiger charge is -2.22. The van der Waals surface area contributed by atoms with Gasteiger partial charge < -0.3 is 14.9 Å². The Hall–Kier alpha value is -2.11. The number of hydrogen-bond donors (Lipinski definition) is 1. The quantitative estimate of drug-likeness (QED) is 0.871. The smallest absolute Gasteiger partial charge is 0.305 e.